The molecular weight excluding hydrogens is 480 g/mol. The van der Waals surface area contributed by atoms with Crippen molar-refractivity contribution < 1.29 is 22.3 Å². The molecule has 0 atom stereocenters. The molecule has 4 rings (SSSR count). The first-order valence-electron chi connectivity index (χ1n) is 13.5. The number of nitrogens with one attached hydrogen (secondary N) is 2. The third-order valence-electron chi connectivity index (χ3n) is 5.96. The zero-order valence-corrected chi connectivity index (χ0v) is 21.0. The average Bonchev–Trinajstić information content (AvgIpc) is 3.53. The summed E-state index contributed by atoms with van der Waals surface area (Å²) < 4.78 is 24.3. The third-order valence-corrected chi connectivity index (χ3v) is 5.96. The first-order chi connectivity index (χ1) is 19.4. The lowest BCUT2D eigenvalue weighted by molar-refractivity contribution is -0.129. The fourth-order valence-electron chi connectivity index (χ4n) is 3.93. The summed E-state index contributed by atoms with van der Waals surface area (Å²) in [7, 11) is 0. The van der Waals surface area contributed by atoms with Gasteiger partial charge in [0.1, 0.15) is 5.75 Å². The molecule has 0 unspecified atom stereocenters. The largest absolute Gasteiger partial charge is 0.493 e. The Morgan fingerprint density at radius 2 is 1.71 bits per heavy atom. The second kappa shape index (κ2) is 13.8. The Morgan fingerprint density at radius 1 is 0.947 bits per heavy atom. The number of amides is 2. The molecule has 0 saturated heterocycles. The van der Waals surface area contributed by atoms with Crippen molar-refractivity contribution in [3.63, 3.8) is 0 Å². The van der Waals surface area contributed by atoms with E-state index in [-0.39, 0.29) is 18.5 Å². The SMILES string of the molecule is [2H]C([2H])(c1ccccc1OCCCCCC(=O)NO)N(Cc1ccccc1)C(=O)c1ccc(-c2cn[nH]c2)cc1. The molecule has 0 spiro atoms. The van der Waals surface area contributed by atoms with Crippen LogP contribution in [0.5, 0.6) is 5.75 Å². The van der Waals surface area contributed by atoms with E-state index in [1.807, 2.05) is 42.5 Å². The molecule has 0 aliphatic carbocycles. The number of unbranched alkanes of at least 4 members (excludes halogenated alkanes) is 2. The minimum Gasteiger partial charge on any atom is -0.493 e. The molecule has 1 heterocycles. The Balaban J connectivity index is 1.56. The van der Waals surface area contributed by atoms with Gasteiger partial charge >= 0.3 is 0 Å². The third kappa shape index (κ3) is 7.54. The van der Waals surface area contributed by atoms with E-state index in [1.165, 1.54) is 4.90 Å². The van der Waals surface area contributed by atoms with Gasteiger partial charge in [-0.3, -0.25) is 19.9 Å². The lowest BCUT2D eigenvalue weighted by atomic mass is 10.1. The molecule has 2 amide bonds. The minimum absolute atomic E-state index is 0.0530. The highest BCUT2D eigenvalue weighted by atomic mass is 16.5. The maximum absolute atomic E-state index is 13.9. The van der Waals surface area contributed by atoms with Gasteiger partial charge in [-0.15, -0.1) is 0 Å². The molecule has 0 bridgehead atoms. The van der Waals surface area contributed by atoms with E-state index >= 15 is 0 Å². The van der Waals surface area contributed by atoms with Crippen molar-refractivity contribution in [2.75, 3.05) is 6.61 Å². The molecule has 196 valence electrons. The summed E-state index contributed by atoms with van der Waals surface area (Å²) in [6.07, 6.45) is 5.62. The number of hydrogen-bond acceptors (Lipinski definition) is 5. The van der Waals surface area contributed by atoms with Gasteiger partial charge in [0.25, 0.3) is 5.91 Å². The fourth-order valence-corrected chi connectivity index (χ4v) is 3.93. The molecule has 0 fully saturated rings. The van der Waals surface area contributed by atoms with Crippen LogP contribution in [0.4, 0.5) is 0 Å². The van der Waals surface area contributed by atoms with E-state index in [4.69, 9.17) is 9.94 Å². The topological polar surface area (TPSA) is 108 Å². The molecule has 0 saturated carbocycles. The van der Waals surface area contributed by atoms with Crippen LogP contribution < -0.4 is 10.2 Å². The molecule has 3 aromatic carbocycles. The van der Waals surface area contributed by atoms with Gasteiger partial charge in [-0.1, -0.05) is 60.7 Å². The van der Waals surface area contributed by atoms with E-state index in [1.54, 1.807) is 54.3 Å². The summed E-state index contributed by atoms with van der Waals surface area (Å²) in [5.74, 6) is -0.537. The van der Waals surface area contributed by atoms with Crippen molar-refractivity contribution in [1.82, 2.24) is 20.6 Å². The zero-order valence-electron chi connectivity index (χ0n) is 23.0. The normalized spacial score (nSPS) is 11.8. The number of hydrogen-bond donors (Lipinski definition) is 3. The van der Waals surface area contributed by atoms with Crippen molar-refractivity contribution >= 4 is 11.8 Å². The van der Waals surface area contributed by atoms with Crippen LogP contribution >= 0.6 is 0 Å². The van der Waals surface area contributed by atoms with Crippen LogP contribution in [0.3, 0.4) is 0 Å². The molecule has 8 heteroatoms. The molecule has 0 aliphatic rings. The van der Waals surface area contributed by atoms with Gasteiger partial charge in [-0.05, 0) is 48.6 Å². The minimum atomic E-state index is -2.20. The Kier molecular flexibility index (Phi) is 8.67. The number of ether oxygens (including phenoxy) is 1. The average molecular weight is 515 g/mol. The van der Waals surface area contributed by atoms with Crippen molar-refractivity contribution in [3.8, 4) is 16.9 Å². The van der Waals surface area contributed by atoms with Gasteiger partial charge in [0.2, 0.25) is 5.91 Å². The quantitative estimate of drug-likeness (QED) is 0.126. The van der Waals surface area contributed by atoms with E-state index in [0.29, 0.717) is 37.2 Å². The highest BCUT2D eigenvalue weighted by molar-refractivity contribution is 5.94. The number of H-pyrrole nitrogens is 1. The highest BCUT2D eigenvalue weighted by Crippen LogP contribution is 2.24. The Morgan fingerprint density at radius 3 is 2.45 bits per heavy atom. The van der Waals surface area contributed by atoms with Crippen LogP contribution in [0.2, 0.25) is 0 Å². The first kappa shape index (κ1) is 23.9. The smallest absolute Gasteiger partial charge is 0.254 e. The number of carbonyl (C=O) groups is 2. The predicted molar refractivity (Wildman–Crippen MR) is 144 cm³/mol. The van der Waals surface area contributed by atoms with Crippen molar-refractivity contribution in [2.45, 2.75) is 38.7 Å². The summed E-state index contributed by atoms with van der Waals surface area (Å²) in [4.78, 5) is 26.3. The van der Waals surface area contributed by atoms with Gasteiger partial charge in [0.05, 0.1) is 15.5 Å². The second-order valence-electron chi connectivity index (χ2n) is 8.74. The maximum Gasteiger partial charge on any atom is 0.254 e. The number of benzene rings is 3. The van der Waals surface area contributed by atoms with Crippen LogP contribution in [-0.4, -0.2) is 38.7 Å². The van der Waals surface area contributed by atoms with Crippen LogP contribution in [-0.2, 0) is 17.8 Å². The van der Waals surface area contributed by atoms with E-state index in [0.717, 1.165) is 16.7 Å². The van der Waals surface area contributed by atoms with E-state index in [9.17, 15) is 12.3 Å². The molecule has 4 aromatic rings. The molecular formula is C30H32N4O4. The van der Waals surface area contributed by atoms with E-state index < -0.39 is 18.3 Å². The fraction of sp³-hybridized carbons (Fsp3) is 0.233. The lowest BCUT2D eigenvalue weighted by Crippen LogP contribution is -2.30. The van der Waals surface area contributed by atoms with Crippen LogP contribution in [0.1, 0.15) is 49.9 Å². The molecule has 0 aliphatic heterocycles. The van der Waals surface area contributed by atoms with Crippen LogP contribution in [0, 0.1) is 0 Å². The summed E-state index contributed by atoms with van der Waals surface area (Å²) in [5.41, 5.74) is 4.79. The highest BCUT2D eigenvalue weighted by Gasteiger charge is 2.19. The van der Waals surface area contributed by atoms with Crippen LogP contribution in [0.25, 0.3) is 11.1 Å². The van der Waals surface area contributed by atoms with Gasteiger partial charge in [0.15, 0.2) is 0 Å². The standard InChI is InChI=1S/C30H32N4O4/c35-29(33-37)13-5-2-8-18-38-28-12-7-6-11-26(28)22-34(21-23-9-3-1-4-10-23)30(36)25-16-14-24(15-17-25)27-19-31-32-20-27/h1,3-4,6-7,9-12,14-17,19-20,37H,2,5,8,13,18,21-22H2,(H,31,32)(H,33,35)/i22D2. The second-order valence-corrected chi connectivity index (χ2v) is 8.74. The number of para-hydroxylation sites is 1. The predicted octanol–water partition coefficient (Wildman–Crippen LogP) is 5.36. The number of aromatic amines is 1. The Hall–Kier alpha value is -4.43. The first-order valence-corrected chi connectivity index (χ1v) is 12.5. The Bertz CT molecular complexity index is 1380. The molecule has 0 radical (unpaired) electrons. The van der Waals surface area contributed by atoms with Gasteiger partial charge in [0, 0.05) is 42.3 Å². The number of hydroxylamine groups is 1. The monoisotopic (exact) mass is 514 g/mol. The number of aromatic nitrogens is 2. The number of rotatable bonds is 13. The summed E-state index contributed by atoms with van der Waals surface area (Å²) in [5, 5.41) is 15.3. The van der Waals surface area contributed by atoms with E-state index in [2.05, 4.69) is 10.2 Å². The van der Waals surface area contributed by atoms with Crippen molar-refractivity contribution in [2.24, 2.45) is 0 Å². The maximum atomic E-state index is 13.9. The number of carbonyl (C=O) groups excluding carboxylic acids is 2. The molecule has 8 nitrogen and oxygen atoms in total. The van der Waals surface area contributed by atoms with Crippen molar-refractivity contribution in [3.05, 3.63) is 108 Å². The number of nitrogens with zero attached hydrogens (tertiary/aromatic N) is 2. The lowest BCUT2D eigenvalue weighted by Gasteiger charge is -2.24. The molecule has 3 N–H and O–H groups in total. The van der Waals surface area contributed by atoms with Crippen molar-refractivity contribution in [1.29, 1.82) is 0 Å². The summed E-state index contributed by atoms with van der Waals surface area (Å²) in [6.45, 7) is -1.83. The van der Waals surface area contributed by atoms with Gasteiger partial charge in [-0.2, -0.15) is 5.10 Å². The van der Waals surface area contributed by atoms with Gasteiger partial charge in [-0.25, -0.2) is 5.48 Å². The molecule has 1 aromatic heterocycles. The van der Waals surface area contributed by atoms with Gasteiger partial charge < -0.3 is 9.64 Å². The zero-order chi connectivity index (χ0) is 28.4. The van der Waals surface area contributed by atoms with Crippen LogP contribution in [0.15, 0.2) is 91.3 Å². The summed E-state index contributed by atoms with van der Waals surface area (Å²) >= 11 is 0. The summed E-state index contributed by atoms with van der Waals surface area (Å²) in [6, 6.07) is 23.1. The Labute approximate surface area is 225 Å². The molecule has 38 heavy (non-hydrogen) atoms.